The molecule has 7 nitrogen and oxygen atoms in total. The van der Waals surface area contributed by atoms with Gasteiger partial charge in [0.1, 0.15) is 5.75 Å². The van der Waals surface area contributed by atoms with Crippen molar-refractivity contribution < 1.29 is 46.8 Å². The minimum atomic E-state index is -4.82. The van der Waals surface area contributed by atoms with Crippen LogP contribution >= 0.6 is 0 Å². The molecule has 3 rings (SSSR count). The van der Waals surface area contributed by atoms with Crippen molar-refractivity contribution in [3.05, 3.63) is 82.9 Å². The van der Waals surface area contributed by atoms with Gasteiger partial charge in [0.25, 0.3) is 0 Å². The van der Waals surface area contributed by atoms with E-state index in [4.69, 9.17) is 18.9 Å². The van der Waals surface area contributed by atoms with Crippen LogP contribution in [0.5, 0.6) is 34.5 Å². The van der Waals surface area contributed by atoms with Crippen molar-refractivity contribution in [3.8, 4) is 34.5 Å². The van der Waals surface area contributed by atoms with Crippen molar-refractivity contribution in [2.45, 2.75) is 12.8 Å². The number of methoxy groups -OCH3 is 4. The predicted molar refractivity (Wildman–Crippen MR) is 140 cm³/mol. The number of ether oxygens (including phenoxy) is 5. The Hall–Kier alpha value is -4.60. The number of halogens is 3. The summed E-state index contributed by atoms with van der Waals surface area (Å²) in [6, 6.07) is 11.5. The average Bonchev–Trinajstić information content (AvgIpc) is 2.91. The SMILES string of the molecule is COc1ccc(/C=C\c2cc(OC)c(OC)c(OC)c2)c(C/C=C\C(=O)c2ccc(OC(F)(F)F)cc2)c1O. The molecule has 0 unspecified atom stereocenters. The van der Waals surface area contributed by atoms with E-state index in [0.29, 0.717) is 28.4 Å². The summed E-state index contributed by atoms with van der Waals surface area (Å²) in [7, 11) is 5.97. The van der Waals surface area contributed by atoms with Gasteiger partial charge >= 0.3 is 6.36 Å². The maximum absolute atomic E-state index is 12.5. The molecule has 0 aromatic heterocycles. The minimum Gasteiger partial charge on any atom is -0.504 e. The molecular weight excluding hydrogens is 517 g/mol. The smallest absolute Gasteiger partial charge is 0.504 e. The number of ketones is 1. The van der Waals surface area contributed by atoms with Crippen LogP contribution in [-0.4, -0.2) is 45.7 Å². The zero-order valence-corrected chi connectivity index (χ0v) is 21.7. The van der Waals surface area contributed by atoms with Crippen LogP contribution in [0.2, 0.25) is 0 Å². The second kappa shape index (κ2) is 12.8. The quantitative estimate of drug-likeness (QED) is 0.168. The highest BCUT2D eigenvalue weighted by atomic mass is 19.4. The summed E-state index contributed by atoms with van der Waals surface area (Å²) in [6.07, 6.45) is 1.76. The number of carbonyl (C=O) groups is 1. The van der Waals surface area contributed by atoms with E-state index in [1.165, 1.54) is 46.6 Å². The fourth-order valence-corrected chi connectivity index (χ4v) is 3.75. The van der Waals surface area contributed by atoms with Crippen LogP contribution in [0, 0.1) is 0 Å². The van der Waals surface area contributed by atoms with E-state index in [1.807, 2.05) is 0 Å². The molecule has 0 aliphatic carbocycles. The molecule has 0 saturated heterocycles. The van der Waals surface area contributed by atoms with E-state index in [0.717, 1.165) is 17.7 Å². The first-order valence-corrected chi connectivity index (χ1v) is 11.5. The Balaban J connectivity index is 1.84. The van der Waals surface area contributed by atoms with Crippen LogP contribution < -0.4 is 23.7 Å². The zero-order valence-electron chi connectivity index (χ0n) is 21.7. The third kappa shape index (κ3) is 7.47. The molecule has 0 bridgehead atoms. The molecular formula is C29H27F3O7. The van der Waals surface area contributed by atoms with Gasteiger partial charge in [0, 0.05) is 11.1 Å². The molecule has 39 heavy (non-hydrogen) atoms. The first-order valence-electron chi connectivity index (χ1n) is 11.5. The Bertz CT molecular complexity index is 1340. The van der Waals surface area contributed by atoms with Gasteiger partial charge in [-0.05, 0) is 66.1 Å². The van der Waals surface area contributed by atoms with E-state index in [1.54, 1.807) is 42.5 Å². The number of rotatable bonds is 11. The van der Waals surface area contributed by atoms with E-state index < -0.39 is 17.9 Å². The second-order valence-electron chi connectivity index (χ2n) is 8.02. The molecule has 0 saturated carbocycles. The fourth-order valence-electron chi connectivity index (χ4n) is 3.75. The highest BCUT2D eigenvalue weighted by Crippen LogP contribution is 2.39. The number of allylic oxidation sites excluding steroid dienone is 2. The first-order chi connectivity index (χ1) is 18.6. The van der Waals surface area contributed by atoms with Crippen LogP contribution in [0.4, 0.5) is 13.2 Å². The molecule has 1 N–H and O–H groups in total. The molecule has 0 radical (unpaired) electrons. The maximum Gasteiger partial charge on any atom is 0.573 e. The molecule has 0 aliphatic heterocycles. The van der Waals surface area contributed by atoms with Gasteiger partial charge in [-0.2, -0.15) is 0 Å². The summed E-state index contributed by atoms with van der Waals surface area (Å²) in [4.78, 5) is 12.5. The lowest BCUT2D eigenvalue weighted by molar-refractivity contribution is -0.274. The molecule has 0 aliphatic rings. The maximum atomic E-state index is 12.5. The van der Waals surface area contributed by atoms with Crippen LogP contribution in [0.1, 0.15) is 27.0 Å². The van der Waals surface area contributed by atoms with E-state index in [-0.39, 0.29) is 23.5 Å². The first kappa shape index (κ1) is 29.0. The number of aromatic hydroxyl groups is 1. The summed E-state index contributed by atoms with van der Waals surface area (Å²) in [5.74, 6) is 0.739. The molecule has 0 amide bonds. The fraction of sp³-hybridized carbons (Fsp3) is 0.207. The van der Waals surface area contributed by atoms with Gasteiger partial charge in [-0.25, -0.2) is 0 Å². The zero-order chi connectivity index (χ0) is 28.6. The van der Waals surface area contributed by atoms with Gasteiger partial charge in [-0.1, -0.05) is 24.3 Å². The number of benzene rings is 3. The van der Waals surface area contributed by atoms with Crippen molar-refractivity contribution in [1.29, 1.82) is 0 Å². The van der Waals surface area contributed by atoms with Crippen LogP contribution in [-0.2, 0) is 6.42 Å². The van der Waals surface area contributed by atoms with Crippen LogP contribution in [0.3, 0.4) is 0 Å². The normalized spacial score (nSPS) is 11.6. The van der Waals surface area contributed by atoms with Gasteiger partial charge in [-0.3, -0.25) is 4.79 Å². The number of hydrogen-bond acceptors (Lipinski definition) is 7. The Morgan fingerprint density at radius 3 is 2.00 bits per heavy atom. The summed E-state index contributed by atoms with van der Waals surface area (Å²) in [6.45, 7) is 0. The van der Waals surface area contributed by atoms with Gasteiger partial charge in [0.2, 0.25) is 5.75 Å². The third-order valence-corrected chi connectivity index (χ3v) is 5.61. The molecule has 3 aromatic rings. The van der Waals surface area contributed by atoms with E-state index >= 15 is 0 Å². The van der Waals surface area contributed by atoms with Crippen molar-refractivity contribution in [2.75, 3.05) is 28.4 Å². The number of hydrogen-bond donors (Lipinski definition) is 1. The molecule has 0 heterocycles. The number of phenols is 1. The second-order valence-corrected chi connectivity index (χ2v) is 8.02. The molecule has 206 valence electrons. The molecule has 10 heteroatoms. The lowest BCUT2D eigenvalue weighted by Gasteiger charge is -2.13. The van der Waals surface area contributed by atoms with E-state index in [2.05, 4.69) is 4.74 Å². The van der Waals surface area contributed by atoms with Crippen molar-refractivity contribution in [2.24, 2.45) is 0 Å². The number of carbonyl (C=O) groups excluding carboxylic acids is 1. The molecule has 0 spiro atoms. The molecule has 3 aromatic carbocycles. The number of phenolic OH excluding ortho intramolecular Hbond substituents is 1. The Kier molecular flexibility index (Phi) is 9.48. The third-order valence-electron chi connectivity index (χ3n) is 5.61. The van der Waals surface area contributed by atoms with Crippen molar-refractivity contribution in [3.63, 3.8) is 0 Å². The topological polar surface area (TPSA) is 83.5 Å². The summed E-state index contributed by atoms with van der Waals surface area (Å²) in [5, 5.41) is 10.8. The van der Waals surface area contributed by atoms with Gasteiger partial charge in [0.05, 0.1) is 28.4 Å². The van der Waals surface area contributed by atoms with E-state index in [9.17, 15) is 23.1 Å². The Morgan fingerprint density at radius 2 is 1.46 bits per heavy atom. The van der Waals surface area contributed by atoms with Crippen molar-refractivity contribution >= 4 is 17.9 Å². The largest absolute Gasteiger partial charge is 0.573 e. The average molecular weight is 545 g/mol. The molecule has 0 fully saturated rings. The van der Waals surface area contributed by atoms with Crippen LogP contribution in [0.25, 0.3) is 12.2 Å². The van der Waals surface area contributed by atoms with Gasteiger partial charge in [0.15, 0.2) is 28.8 Å². The van der Waals surface area contributed by atoms with Gasteiger partial charge < -0.3 is 28.8 Å². The Morgan fingerprint density at radius 1 is 0.846 bits per heavy atom. The monoisotopic (exact) mass is 544 g/mol. The number of alkyl halides is 3. The standard InChI is InChI=1S/C29H27F3O7/c1-35-24-15-12-19(9-8-18-16-25(36-2)28(38-4)26(17-18)37-3)22(27(24)34)6-5-7-23(33)20-10-13-21(14-11-20)39-29(30,31)32/h5,7-17,34H,6H2,1-4H3/b7-5-,9-8-. The van der Waals surface area contributed by atoms with Crippen LogP contribution in [0.15, 0.2) is 60.7 Å². The van der Waals surface area contributed by atoms with Gasteiger partial charge in [-0.15, -0.1) is 13.2 Å². The van der Waals surface area contributed by atoms with Crippen molar-refractivity contribution in [1.82, 2.24) is 0 Å². The Labute approximate surface area is 223 Å². The minimum absolute atomic E-state index is 0.0877. The summed E-state index contributed by atoms with van der Waals surface area (Å²) < 4.78 is 62.2. The molecule has 0 atom stereocenters. The lowest BCUT2D eigenvalue weighted by Crippen LogP contribution is -2.17. The summed E-state index contributed by atoms with van der Waals surface area (Å²) in [5.41, 5.74) is 2.08. The predicted octanol–water partition coefficient (Wildman–Crippen LogP) is 6.48. The lowest BCUT2D eigenvalue weighted by atomic mass is 10.00. The highest BCUT2D eigenvalue weighted by Gasteiger charge is 2.31. The summed E-state index contributed by atoms with van der Waals surface area (Å²) >= 11 is 0. The highest BCUT2D eigenvalue weighted by molar-refractivity contribution is 6.04.